The van der Waals surface area contributed by atoms with E-state index in [1.54, 1.807) is 0 Å². The molecule has 0 aliphatic carbocycles. The third-order valence-corrected chi connectivity index (χ3v) is 3.22. The van der Waals surface area contributed by atoms with E-state index in [0.717, 1.165) is 19.7 Å². The van der Waals surface area contributed by atoms with Crippen molar-refractivity contribution in [3.63, 3.8) is 0 Å². The van der Waals surface area contributed by atoms with Crippen LogP contribution in [0.25, 0.3) is 6.08 Å². The van der Waals surface area contributed by atoms with E-state index in [9.17, 15) is 0 Å². The summed E-state index contributed by atoms with van der Waals surface area (Å²) >= 11 is 0. The summed E-state index contributed by atoms with van der Waals surface area (Å²) in [7, 11) is 0. The number of ether oxygens (including phenoxy) is 1. The molecular weight excluding hydrogens is 198 g/mol. The van der Waals surface area contributed by atoms with Crippen LogP contribution in [0.4, 0.5) is 0 Å². The molecule has 16 heavy (non-hydrogen) atoms. The number of nitrogens with one attached hydrogen (secondary N) is 1. The lowest BCUT2D eigenvalue weighted by molar-refractivity contribution is 0.0146. The minimum atomic E-state index is 0.273. The highest BCUT2D eigenvalue weighted by atomic mass is 16.5. The second-order valence-electron chi connectivity index (χ2n) is 4.24. The van der Waals surface area contributed by atoms with Gasteiger partial charge in [0.05, 0.1) is 12.7 Å². The molecule has 1 aromatic carbocycles. The third kappa shape index (κ3) is 2.34. The van der Waals surface area contributed by atoms with Crippen LogP contribution in [-0.2, 0) is 4.74 Å². The SMILES string of the molecule is C=Cc1ccccc1C(C)C1CNCCO1. The average Bonchev–Trinajstić information content (AvgIpc) is 2.39. The fourth-order valence-electron chi connectivity index (χ4n) is 2.22. The van der Waals surface area contributed by atoms with E-state index < -0.39 is 0 Å². The quantitative estimate of drug-likeness (QED) is 0.839. The molecule has 0 spiro atoms. The summed E-state index contributed by atoms with van der Waals surface area (Å²) < 4.78 is 5.80. The van der Waals surface area contributed by atoms with Crippen molar-refractivity contribution < 1.29 is 4.74 Å². The van der Waals surface area contributed by atoms with Crippen LogP contribution in [0.5, 0.6) is 0 Å². The summed E-state index contributed by atoms with van der Waals surface area (Å²) in [5.74, 6) is 0.405. The van der Waals surface area contributed by atoms with E-state index in [1.807, 2.05) is 12.1 Å². The van der Waals surface area contributed by atoms with E-state index in [1.165, 1.54) is 11.1 Å². The Balaban J connectivity index is 2.18. The molecule has 0 aromatic heterocycles. The van der Waals surface area contributed by atoms with Gasteiger partial charge in [0.15, 0.2) is 0 Å². The van der Waals surface area contributed by atoms with Crippen molar-refractivity contribution in [2.75, 3.05) is 19.7 Å². The molecule has 86 valence electrons. The van der Waals surface area contributed by atoms with Crippen LogP contribution in [0, 0.1) is 0 Å². The molecule has 2 atom stereocenters. The summed E-state index contributed by atoms with van der Waals surface area (Å²) in [5.41, 5.74) is 2.54. The molecule has 0 bridgehead atoms. The van der Waals surface area contributed by atoms with Gasteiger partial charge in [-0.3, -0.25) is 0 Å². The maximum absolute atomic E-state index is 5.80. The standard InChI is InChI=1S/C14H19NO/c1-3-12-6-4-5-7-13(12)11(2)14-10-15-8-9-16-14/h3-7,11,14-15H,1,8-10H2,2H3. The lowest BCUT2D eigenvalue weighted by atomic mass is 9.90. The van der Waals surface area contributed by atoms with Crippen molar-refractivity contribution in [1.82, 2.24) is 5.32 Å². The van der Waals surface area contributed by atoms with Crippen LogP contribution in [0.3, 0.4) is 0 Å². The molecule has 1 aliphatic heterocycles. The van der Waals surface area contributed by atoms with Crippen LogP contribution in [0.2, 0.25) is 0 Å². The first-order valence-electron chi connectivity index (χ1n) is 5.86. The van der Waals surface area contributed by atoms with Crippen molar-refractivity contribution in [3.05, 3.63) is 42.0 Å². The Labute approximate surface area is 97.3 Å². The molecule has 2 rings (SSSR count). The van der Waals surface area contributed by atoms with Crippen molar-refractivity contribution in [2.24, 2.45) is 0 Å². The highest BCUT2D eigenvalue weighted by molar-refractivity contribution is 5.53. The van der Waals surface area contributed by atoms with Crippen LogP contribution in [0.15, 0.2) is 30.8 Å². The first-order valence-corrected chi connectivity index (χ1v) is 5.86. The van der Waals surface area contributed by atoms with Crippen LogP contribution in [0.1, 0.15) is 24.0 Å². The summed E-state index contributed by atoms with van der Waals surface area (Å²) in [6, 6.07) is 8.40. The van der Waals surface area contributed by atoms with E-state index in [0.29, 0.717) is 5.92 Å². The van der Waals surface area contributed by atoms with Gasteiger partial charge in [-0.25, -0.2) is 0 Å². The van der Waals surface area contributed by atoms with Crippen LogP contribution in [-0.4, -0.2) is 25.8 Å². The number of morpholine rings is 1. The minimum absolute atomic E-state index is 0.273. The maximum Gasteiger partial charge on any atom is 0.0766 e. The van der Waals surface area contributed by atoms with Gasteiger partial charge in [-0.05, 0) is 11.1 Å². The largest absolute Gasteiger partial charge is 0.375 e. The van der Waals surface area contributed by atoms with Gasteiger partial charge in [-0.1, -0.05) is 43.8 Å². The Kier molecular flexibility index (Phi) is 3.75. The Morgan fingerprint density at radius 1 is 1.50 bits per heavy atom. The summed E-state index contributed by atoms with van der Waals surface area (Å²) in [4.78, 5) is 0. The number of hydrogen-bond acceptors (Lipinski definition) is 2. The molecule has 1 fully saturated rings. The molecule has 1 aliphatic rings. The maximum atomic E-state index is 5.80. The van der Waals surface area contributed by atoms with Gasteiger partial charge in [0.1, 0.15) is 0 Å². The van der Waals surface area contributed by atoms with E-state index in [-0.39, 0.29) is 6.10 Å². The van der Waals surface area contributed by atoms with Gasteiger partial charge in [-0.15, -0.1) is 0 Å². The molecule has 2 heteroatoms. The summed E-state index contributed by atoms with van der Waals surface area (Å²) in [5, 5.41) is 3.37. The summed E-state index contributed by atoms with van der Waals surface area (Å²) in [6.07, 6.45) is 2.19. The highest BCUT2D eigenvalue weighted by Gasteiger charge is 2.22. The molecule has 0 saturated carbocycles. The minimum Gasteiger partial charge on any atom is -0.375 e. The van der Waals surface area contributed by atoms with E-state index in [2.05, 4.69) is 37.0 Å². The Bertz CT molecular complexity index is 356. The number of benzene rings is 1. The molecule has 1 aromatic rings. The molecular formula is C14H19NO. The molecule has 2 nitrogen and oxygen atoms in total. The predicted molar refractivity (Wildman–Crippen MR) is 67.6 cm³/mol. The first kappa shape index (κ1) is 11.4. The van der Waals surface area contributed by atoms with Gasteiger partial charge in [0, 0.05) is 19.0 Å². The third-order valence-electron chi connectivity index (χ3n) is 3.22. The van der Waals surface area contributed by atoms with Gasteiger partial charge in [0.25, 0.3) is 0 Å². The lowest BCUT2D eigenvalue weighted by Gasteiger charge is -2.29. The Hall–Kier alpha value is -1.12. The topological polar surface area (TPSA) is 21.3 Å². The smallest absolute Gasteiger partial charge is 0.0766 e. The number of hydrogen-bond donors (Lipinski definition) is 1. The second kappa shape index (κ2) is 5.28. The Morgan fingerprint density at radius 2 is 2.31 bits per heavy atom. The molecule has 0 radical (unpaired) electrons. The lowest BCUT2D eigenvalue weighted by Crippen LogP contribution is -2.41. The number of rotatable bonds is 3. The van der Waals surface area contributed by atoms with E-state index >= 15 is 0 Å². The fraction of sp³-hybridized carbons (Fsp3) is 0.429. The molecule has 1 N–H and O–H groups in total. The van der Waals surface area contributed by atoms with Crippen LogP contribution < -0.4 is 5.32 Å². The summed E-state index contributed by atoms with van der Waals surface area (Å²) in [6.45, 7) is 8.80. The molecule has 1 saturated heterocycles. The normalized spacial score (nSPS) is 22.7. The monoisotopic (exact) mass is 217 g/mol. The van der Waals surface area contributed by atoms with Gasteiger partial charge in [-0.2, -0.15) is 0 Å². The van der Waals surface area contributed by atoms with Crippen molar-refractivity contribution in [3.8, 4) is 0 Å². The van der Waals surface area contributed by atoms with E-state index in [4.69, 9.17) is 4.74 Å². The zero-order valence-electron chi connectivity index (χ0n) is 9.78. The van der Waals surface area contributed by atoms with Gasteiger partial charge >= 0.3 is 0 Å². The van der Waals surface area contributed by atoms with Crippen molar-refractivity contribution in [2.45, 2.75) is 18.9 Å². The molecule has 2 unspecified atom stereocenters. The second-order valence-corrected chi connectivity index (χ2v) is 4.24. The zero-order chi connectivity index (χ0) is 11.4. The van der Waals surface area contributed by atoms with Crippen LogP contribution >= 0.6 is 0 Å². The predicted octanol–water partition coefficient (Wildman–Crippen LogP) is 2.42. The highest BCUT2D eigenvalue weighted by Crippen LogP contribution is 2.26. The molecule has 1 heterocycles. The van der Waals surface area contributed by atoms with Crippen molar-refractivity contribution in [1.29, 1.82) is 0 Å². The molecule has 0 amide bonds. The van der Waals surface area contributed by atoms with Gasteiger partial charge in [0.2, 0.25) is 0 Å². The average molecular weight is 217 g/mol. The first-order chi connectivity index (χ1) is 7.83. The van der Waals surface area contributed by atoms with Crippen molar-refractivity contribution >= 4 is 6.08 Å². The Morgan fingerprint density at radius 3 is 3.00 bits per heavy atom. The van der Waals surface area contributed by atoms with Gasteiger partial charge < -0.3 is 10.1 Å². The zero-order valence-corrected chi connectivity index (χ0v) is 9.78. The fourth-order valence-corrected chi connectivity index (χ4v) is 2.22.